The molecule has 29 atom stereocenters. The van der Waals surface area contributed by atoms with Gasteiger partial charge in [-0.1, -0.05) is 0 Å². The molecule has 5 saturated heterocycles. The van der Waals surface area contributed by atoms with Crippen LogP contribution in [0.5, 0.6) is 0 Å². The standard InChI is InChI=1S/C38H65NO30/c1-9-18(49)23(54)25(56)35(60-9)67-31-17(39-10(2)46)34(68-32-21(52)14(6-43)62-37(27(32)58)65-29(12(48)4-41)19(50)11(47)3-40)64-16(8-45)30(31)66-38-28(59)33(22(53)15(7-44)63-38)69-36-26(57)24(55)20(51)13(5-42)61-36/h3,9,11-38,41-45,47-59H,4-8H2,1-2H3,(H,39,46)/t9-,11-,12+,13+,14+,15+,16+,17+,18+,19+,20-,21-,22-,23+,24-,25-,26+,27+,28+,29+,30+,31+,32-,33-,34-,35-,36+,37-,38-/m0/s1. The van der Waals surface area contributed by atoms with Gasteiger partial charge in [0.05, 0.1) is 39.1 Å². The minimum atomic E-state index is -2.28. The summed E-state index contributed by atoms with van der Waals surface area (Å²) < 4.78 is 57.5. The van der Waals surface area contributed by atoms with Gasteiger partial charge in [-0.2, -0.15) is 0 Å². The lowest BCUT2D eigenvalue weighted by molar-refractivity contribution is -0.395. The third kappa shape index (κ3) is 12.7. The Bertz CT molecular complexity index is 1590. The predicted molar refractivity (Wildman–Crippen MR) is 211 cm³/mol. The molecular weight excluding hydrogens is 950 g/mol. The van der Waals surface area contributed by atoms with E-state index in [2.05, 4.69) is 5.32 Å². The van der Waals surface area contributed by atoms with Gasteiger partial charge in [0.15, 0.2) is 37.7 Å². The van der Waals surface area contributed by atoms with Gasteiger partial charge in [0.2, 0.25) is 5.91 Å². The van der Waals surface area contributed by atoms with Gasteiger partial charge in [-0.05, 0) is 6.92 Å². The number of hydrogen-bond acceptors (Lipinski definition) is 30. The van der Waals surface area contributed by atoms with E-state index < -0.39 is 217 Å². The zero-order valence-corrected chi connectivity index (χ0v) is 36.8. The summed E-state index contributed by atoms with van der Waals surface area (Å²) in [6.45, 7) is -3.02. The minimum Gasteiger partial charge on any atom is -0.394 e. The summed E-state index contributed by atoms with van der Waals surface area (Å²) in [5.74, 6) is -0.919. The highest BCUT2D eigenvalue weighted by molar-refractivity contribution is 5.73. The number of carbonyl (C=O) groups excluding carboxylic acids is 2. The van der Waals surface area contributed by atoms with E-state index in [0.29, 0.717) is 0 Å². The van der Waals surface area contributed by atoms with E-state index in [-0.39, 0.29) is 6.29 Å². The molecule has 5 fully saturated rings. The van der Waals surface area contributed by atoms with Crippen LogP contribution >= 0.6 is 0 Å². The average Bonchev–Trinajstić information content (AvgIpc) is 3.33. The van der Waals surface area contributed by atoms with Crippen LogP contribution in [0, 0.1) is 0 Å². The van der Waals surface area contributed by atoms with Crippen LogP contribution in [0.25, 0.3) is 0 Å². The van der Waals surface area contributed by atoms with Crippen molar-refractivity contribution in [2.24, 2.45) is 0 Å². The van der Waals surface area contributed by atoms with Gasteiger partial charge < -0.3 is 149 Å². The zero-order chi connectivity index (χ0) is 51.3. The van der Waals surface area contributed by atoms with Crippen LogP contribution in [0.4, 0.5) is 0 Å². The molecule has 5 aliphatic rings. The van der Waals surface area contributed by atoms with Crippen molar-refractivity contribution in [2.75, 3.05) is 33.0 Å². The number of nitrogens with one attached hydrogen (secondary N) is 1. The van der Waals surface area contributed by atoms with E-state index in [0.717, 1.165) is 6.92 Å². The van der Waals surface area contributed by atoms with Gasteiger partial charge in [-0.25, -0.2) is 0 Å². The maximum Gasteiger partial charge on any atom is 0.217 e. The molecule has 0 saturated carbocycles. The molecule has 0 bridgehead atoms. The predicted octanol–water partition coefficient (Wildman–Crippen LogP) is -13.1. The smallest absolute Gasteiger partial charge is 0.217 e. The number of aldehydes is 1. The summed E-state index contributed by atoms with van der Waals surface area (Å²) in [6, 6.07) is -1.88. The van der Waals surface area contributed by atoms with Crippen molar-refractivity contribution in [3.05, 3.63) is 0 Å². The Morgan fingerprint density at radius 1 is 0.522 bits per heavy atom. The second-order valence-electron chi connectivity index (χ2n) is 17.1. The number of carbonyl (C=O) groups is 2. The fraction of sp³-hybridized carbons (Fsp3) is 0.947. The van der Waals surface area contributed by atoms with E-state index >= 15 is 0 Å². The van der Waals surface area contributed by atoms with Crippen LogP contribution in [0.15, 0.2) is 0 Å². The van der Waals surface area contributed by atoms with Crippen LogP contribution in [0.1, 0.15) is 13.8 Å². The van der Waals surface area contributed by atoms with E-state index in [1.807, 2.05) is 0 Å². The Morgan fingerprint density at radius 2 is 0.942 bits per heavy atom. The quantitative estimate of drug-likeness (QED) is 0.0504. The maximum atomic E-state index is 13.0. The van der Waals surface area contributed by atoms with Crippen LogP contribution < -0.4 is 5.32 Å². The van der Waals surface area contributed by atoms with Crippen LogP contribution in [0.3, 0.4) is 0 Å². The third-order valence-corrected chi connectivity index (χ3v) is 12.3. The molecule has 0 aromatic rings. The molecule has 69 heavy (non-hydrogen) atoms. The molecule has 0 unspecified atom stereocenters. The summed E-state index contributed by atoms with van der Waals surface area (Å²) in [5.41, 5.74) is 0. The number of aliphatic hydroxyl groups is 18. The first-order chi connectivity index (χ1) is 32.6. The Labute approximate surface area is 391 Å². The van der Waals surface area contributed by atoms with Gasteiger partial charge >= 0.3 is 0 Å². The summed E-state index contributed by atoms with van der Waals surface area (Å²) >= 11 is 0. The first-order valence-electron chi connectivity index (χ1n) is 21.7. The van der Waals surface area contributed by atoms with E-state index in [4.69, 9.17) is 47.4 Å². The Balaban J connectivity index is 1.53. The third-order valence-electron chi connectivity index (χ3n) is 12.3. The SMILES string of the molecule is CC(=O)N[C@H]1[C@H](O[C@H]2[C@@H](O)[C@@H](CO)O[C@@H](O[C@@H]([C@H](O)[C@@H](O)C=O)[C@H](O)CO)[C@@H]2O)O[C@H](CO)[C@@H](O[C@@H]2O[C@H](CO)[C@H](O)[C@H](O[C@H]3O[C@H](CO)[C@H](O)[C@H](O)[C@H]3O)[C@H]2O)[C@@H]1O[C@@H]1O[C@@H](C)[C@@H](O)[C@@H](O)[C@@H]1O. The molecule has 5 heterocycles. The first kappa shape index (κ1) is 57.9. The summed E-state index contributed by atoms with van der Waals surface area (Å²) in [5, 5.41) is 193. The van der Waals surface area contributed by atoms with Gasteiger partial charge in [0.1, 0.15) is 140 Å². The molecule has 1 amide bonds. The summed E-state index contributed by atoms with van der Waals surface area (Å²) in [6.07, 6.45) is -55.5. The van der Waals surface area contributed by atoms with E-state index in [1.54, 1.807) is 0 Å². The average molecular weight is 1020 g/mol. The molecule has 0 spiro atoms. The molecule has 19 N–H and O–H groups in total. The lowest BCUT2D eigenvalue weighted by Crippen LogP contribution is -2.71. The minimum absolute atomic E-state index is 0.141. The number of amides is 1. The number of aliphatic hydroxyl groups excluding tert-OH is 18. The Hall–Kier alpha value is -1.98. The van der Waals surface area contributed by atoms with Crippen LogP contribution in [-0.4, -0.2) is 315 Å². The van der Waals surface area contributed by atoms with E-state index in [1.165, 1.54) is 6.92 Å². The molecule has 5 rings (SSSR count). The lowest BCUT2D eigenvalue weighted by atomic mass is 9.93. The number of hydrogen-bond donors (Lipinski definition) is 19. The van der Waals surface area contributed by atoms with E-state index in [9.17, 15) is 102 Å². The maximum absolute atomic E-state index is 13.0. The highest BCUT2D eigenvalue weighted by atomic mass is 16.8. The number of ether oxygens (including phenoxy) is 10. The molecule has 5 aliphatic heterocycles. The fourth-order valence-corrected chi connectivity index (χ4v) is 8.39. The van der Waals surface area contributed by atoms with Crippen molar-refractivity contribution < 1.29 is 149 Å². The largest absolute Gasteiger partial charge is 0.394 e. The van der Waals surface area contributed by atoms with Crippen molar-refractivity contribution in [2.45, 2.75) is 192 Å². The fourth-order valence-electron chi connectivity index (χ4n) is 8.39. The summed E-state index contributed by atoms with van der Waals surface area (Å²) in [7, 11) is 0. The highest BCUT2D eigenvalue weighted by Crippen LogP contribution is 2.37. The second-order valence-corrected chi connectivity index (χ2v) is 17.1. The Kier molecular flexibility index (Phi) is 21.2. The normalized spacial score (nSPS) is 47.2. The zero-order valence-electron chi connectivity index (χ0n) is 36.8. The van der Waals surface area contributed by atoms with Gasteiger partial charge in [0.25, 0.3) is 0 Å². The monoisotopic (exact) mass is 1020 g/mol. The molecule has 31 nitrogen and oxygen atoms in total. The molecule has 31 heteroatoms. The van der Waals surface area contributed by atoms with Crippen molar-refractivity contribution in [3.63, 3.8) is 0 Å². The van der Waals surface area contributed by atoms with Crippen molar-refractivity contribution in [1.29, 1.82) is 0 Å². The van der Waals surface area contributed by atoms with Crippen LogP contribution in [-0.2, 0) is 57.0 Å². The lowest BCUT2D eigenvalue weighted by Gasteiger charge is -2.52. The molecule has 0 radical (unpaired) electrons. The molecule has 402 valence electrons. The second kappa shape index (κ2) is 25.3. The molecule has 0 aliphatic carbocycles. The van der Waals surface area contributed by atoms with Crippen molar-refractivity contribution in [3.8, 4) is 0 Å². The summed E-state index contributed by atoms with van der Waals surface area (Å²) in [4.78, 5) is 24.2. The van der Waals surface area contributed by atoms with Crippen molar-refractivity contribution in [1.82, 2.24) is 5.32 Å². The topological polar surface area (TPSA) is 503 Å². The molecule has 0 aromatic carbocycles. The Morgan fingerprint density at radius 3 is 1.45 bits per heavy atom. The molecular formula is C38H65NO30. The van der Waals surface area contributed by atoms with Crippen LogP contribution in [0.2, 0.25) is 0 Å². The number of rotatable bonds is 20. The molecule has 0 aromatic heterocycles. The van der Waals surface area contributed by atoms with Crippen molar-refractivity contribution >= 4 is 12.2 Å². The van der Waals surface area contributed by atoms with Gasteiger partial charge in [-0.3, -0.25) is 4.79 Å². The highest BCUT2D eigenvalue weighted by Gasteiger charge is 2.58. The van der Waals surface area contributed by atoms with Gasteiger partial charge in [-0.15, -0.1) is 0 Å². The first-order valence-corrected chi connectivity index (χ1v) is 21.7. The van der Waals surface area contributed by atoms with Gasteiger partial charge in [0, 0.05) is 6.92 Å².